The van der Waals surface area contributed by atoms with Crippen LogP contribution in [0.15, 0.2) is 24.3 Å². The molecule has 0 rings (SSSR count). The van der Waals surface area contributed by atoms with Gasteiger partial charge in [-0.2, -0.15) is 0 Å². The number of nitrogens with zero attached hydrogens (tertiary/aromatic N) is 1. The molecular formula is C49H94NO8P. The second-order valence-corrected chi connectivity index (χ2v) is 19.2. The Labute approximate surface area is 364 Å². The average molecular weight is 856 g/mol. The monoisotopic (exact) mass is 856 g/mol. The molecule has 0 N–H and O–H groups in total. The molecule has 1 unspecified atom stereocenters. The Kier molecular flexibility index (Phi) is 40.8. The highest BCUT2D eigenvalue weighted by molar-refractivity contribution is 7.45. The van der Waals surface area contributed by atoms with Crippen molar-refractivity contribution in [2.45, 2.75) is 232 Å². The zero-order valence-corrected chi connectivity index (χ0v) is 40.1. The number of unbranched alkanes of at least 4 members (excludes halogenated alkanes) is 27. The molecule has 0 saturated carbocycles. The molecule has 0 heterocycles. The molecule has 59 heavy (non-hydrogen) atoms. The van der Waals surface area contributed by atoms with Gasteiger partial charge in [0, 0.05) is 12.8 Å². The van der Waals surface area contributed by atoms with Crippen molar-refractivity contribution in [2.75, 3.05) is 47.5 Å². The Morgan fingerprint density at radius 3 is 1.37 bits per heavy atom. The van der Waals surface area contributed by atoms with E-state index in [1.165, 1.54) is 141 Å². The third kappa shape index (κ3) is 45.8. The topological polar surface area (TPSA) is 111 Å². The van der Waals surface area contributed by atoms with Crippen molar-refractivity contribution in [3.05, 3.63) is 24.3 Å². The number of allylic oxidation sites excluding steroid dienone is 4. The molecule has 0 aromatic carbocycles. The molecule has 2 atom stereocenters. The number of phosphoric acid groups is 1. The summed E-state index contributed by atoms with van der Waals surface area (Å²) in [6, 6.07) is 0. The van der Waals surface area contributed by atoms with Crippen molar-refractivity contribution >= 4 is 19.8 Å². The Hall–Kier alpha value is -1.51. The molecular weight excluding hydrogens is 762 g/mol. The van der Waals surface area contributed by atoms with E-state index in [0.717, 1.165) is 51.4 Å². The average Bonchev–Trinajstić information content (AvgIpc) is 3.19. The molecule has 10 heteroatoms. The van der Waals surface area contributed by atoms with Crippen molar-refractivity contribution < 1.29 is 42.1 Å². The fraction of sp³-hybridized carbons (Fsp3) is 0.878. The second kappa shape index (κ2) is 41.8. The van der Waals surface area contributed by atoms with Crippen LogP contribution in [-0.4, -0.2) is 70.0 Å². The van der Waals surface area contributed by atoms with Crippen LogP contribution in [0.3, 0.4) is 0 Å². The Morgan fingerprint density at radius 2 is 0.915 bits per heavy atom. The van der Waals surface area contributed by atoms with Gasteiger partial charge < -0.3 is 27.9 Å². The van der Waals surface area contributed by atoms with Crippen molar-refractivity contribution in [2.24, 2.45) is 0 Å². The summed E-state index contributed by atoms with van der Waals surface area (Å²) in [5.74, 6) is -0.833. The molecule has 0 bridgehead atoms. The highest BCUT2D eigenvalue weighted by Crippen LogP contribution is 2.38. The van der Waals surface area contributed by atoms with Gasteiger partial charge in [-0.3, -0.25) is 14.2 Å². The fourth-order valence-corrected chi connectivity index (χ4v) is 7.59. The van der Waals surface area contributed by atoms with Crippen molar-refractivity contribution in [3.63, 3.8) is 0 Å². The minimum absolute atomic E-state index is 0.0300. The van der Waals surface area contributed by atoms with E-state index < -0.39 is 26.5 Å². The molecule has 0 spiro atoms. The summed E-state index contributed by atoms with van der Waals surface area (Å²) >= 11 is 0. The van der Waals surface area contributed by atoms with Crippen LogP contribution >= 0.6 is 7.82 Å². The quantitative estimate of drug-likeness (QED) is 0.0196. The minimum Gasteiger partial charge on any atom is -0.756 e. The lowest BCUT2D eigenvalue weighted by atomic mass is 10.0. The summed E-state index contributed by atoms with van der Waals surface area (Å²) in [4.78, 5) is 37.7. The van der Waals surface area contributed by atoms with Gasteiger partial charge in [0.1, 0.15) is 19.8 Å². The van der Waals surface area contributed by atoms with E-state index in [1.807, 2.05) is 21.1 Å². The number of phosphoric ester groups is 1. The van der Waals surface area contributed by atoms with Crippen molar-refractivity contribution in [1.82, 2.24) is 0 Å². The van der Waals surface area contributed by atoms with E-state index >= 15 is 0 Å². The Bertz CT molecular complexity index is 1060. The second-order valence-electron chi connectivity index (χ2n) is 17.8. The number of esters is 2. The molecule has 0 radical (unpaired) electrons. The van der Waals surface area contributed by atoms with Crippen LogP contribution in [-0.2, 0) is 32.7 Å². The van der Waals surface area contributed by atoms with Crippen LogP contribution in [0.5, 0.6) is 0 Å². The molecule has 0 aromatic rings. The number of ether oxygens (including phenoxy) is 2. The maximum absolute atomic E-state index is 12.7. The predicted octanol–water partition coefficient (Wildman–Crippen LogP) is 13.7. The minimum atomic E-state index is -4.63. The van der Waals surface area contributed by atoms with Gasteiger partial charge >= 0.3 is 11.9 Å². The van der Waals surface area contributed by atoms with Crippen LogP contribution in [0.4, 0.5) is 0 Å². The van der Waals surface area contributed by atoms with Gasteiger partial charge in [0.2, 0.25) is 0 Å². The summed E-state index contributed by atoms with van der Waals surface area (Å²) in [5, 5.41) is 0. The first-order chi connectivity index (χ1) is 28.5. The Balaban J connectivity index is 4.27. The summed E-state index contributed by atoms with van der Waals surface area (Å²) in [6.07, 6.45) is 46.3. The SMILES string of the molecule is CCCCC/C=C/C/C=C/CCCCCCCCCC(=O)OC[C@H](COP(=O)([O-])OCC[N+](C)(C)C)OC(=O)CCCCCCCCCCCCCCCCCCCC. The summed E-state index contributed by atoms with van der Waals surface area (Å²) in [7, 11) is 1.17. The van der Waals surface area contributed by atoms with Crippen LogP contribution in [0, 0.1) is 0 Å². The molecule has 348 valence electrons. The van der Waals surface area contributed by atoms with Gasteiger partial charge in [-0.25, -0.2) is 0 Å². The van der Waals surface area contributed by atoms with Gasteiger partial charge in [0.25, 0.3) is 7.82 Å². The molecule has 0 aliphatic rings. The van der Waals surface area contributed by atoms with Gasteiger partial charge in [-0.15, -0.1) is 0 Å². The molecule has 0 aliphatic carbocycles. The van der Waals surface area contributed by atoms with E-state index in [-0.39, 0.29) is 32.0 Å². The van der Waals surface area contributed by atoms with Crippen molar-refractivity contribution in [3.8, 4) is 0 Å². The number of carbonyl (C=O) groups is 2. The third-order valence-electron chi connectivity index (χ3n) is 10.7. The van der Waals surface area contributed by atoms with Gasteiger partial charge in [-0.05, 0) is 44.9 Å². The maximum atomic E-state index is 12.7. The zero-order chi connectivity index (χ0) is 43.6. The largest absolute Gasteiger partial charge is 0.756 e. The van der Waals surface area contributed by atoms with Gasteiger partial charge in [0.15, 0.2) is 6.10 Å². The smallest absolute Gasteiger partial charge is 0.306 e. The lowest BCUT2D eigenvalue weighted by Crippen LogP contribution is -2.37. The lowest BCUT2D eigenvalue weighted by molar-refractivity contribution is -0.870. The first-order valence-electron chi connectivity index (χ1n) is 24.5. The first kappa shape index (κ1) is 57.5. The number of rotatable bonds is 45. The normalized spacial score (nSPS) is 13.7. The number of hydrogen-bond donors (Lipinski definition) is 0. The predicted molar refractivity (Wildman–Crippen MR) is 245 cm³/mol. The van der Waals surface area contributed by atoms with E-state index in [1.54, 1.807) is 0 Å². The molecule has 0 saturated heterocycles. The van der Waals surface area contributed by atoms with Crippen LogP contribution in [0.2, 0.25) is 0 Å². The molecule has 9 nitrogen and oxygen atoms in total. The summed E-state index contributed by atoms with van der Waals surface area (Å²) in [5.41, 5.74) is 0. The molecule has 0 aromatic heterocycles. The standard InChI is InChI=1S/C49H94NO8P/c1-6-8-10-12-14-16-18-20-22-24-26-28-30-32-34-36-38-40-42-49(52)58-47(46-57-59(53,54)56-44-43-50(3,4)5)45-55-48(51)41-39-37-35-33-31-29-27-25-23-21-19-17-15-13-11-9-7-2/h15,17,21,23,47H,6-14,16,18-20,22,24-46H2,1-5H3/b17-15+,23-21+/t47-/m1/s1. The molecule has 0 aliphatic heterocycles. The van der Waals surface area contributed by atoms with E-state index in [0.29, 0.717) is 17.4 Å². The fourth-order valence-electron chi connectivity index (χ4n) is 6.86. The van der Waals surface area contributed by atoms with Gasteiger partial charge in [-0.1, -0.05) is 192 Å². The molecule has 0 fully saturated rings. The molecule has 0 amide bonds. The third-order valence-corrected chi connectivity index (χ3v) is 11.7. The van der Waals surface area contributed by atoms with Crippen molar-refractivity contribution in [1.29, 1.82) is 0 Å². The first-order valence-corrected chi connectivity index (χ1v) is 26.0. The van der Waals surface area contributed by atoms with Gasteiger partial charge in [0.05, 0.1) is 27.7 Å². The Morgan fingerprint density at radius 1 is 0.525 bits per heavy atom. The number of likely N-dealkylation sites (N-methyl/N-ethyl adjacent to an activating group) is 1. The van der Waals surface area contributed by atoms with E-state index in [2.05, 4.69) is 38.2 Å². The van der Waals surface area contributed by atoms with Crippen LogP contribution in [0.1, 0.15) is 226 Å². The number of hydrogen-bond acceptors (Lipinski definition) is 8. The lowest BCUT2D eigenvalue weighted by Gasteiger charge is -2.28. The number of quaternary nitrogens is 1. The maximum Gasteiger partial charge on any atom is 0.306 e. The van der Waals surface area contributed by atoms with E-state index in [4.69, 9.17) is 18.5 Å². The van der Waals surface area contributed by atoms with Crippen LogP contribution < -0.4 is 4.89 Å². The number of carbonyl (C=O) groups excluding carboxylic acids is 2. The van der Waals surface area contributed by atoms with E-state index in [9.17, 15) is 19.0 Å². The zero-order valence-electron chi connectivity index (χ0n) is 39.2. The highest BCUT2D eigenvalue weighted by atomic mass is 31.2. The van der Waals surface area contributed by atoms with Crippen LogP contribution in [0.25, 0.3) is 0 Å². The summed E-state index contributed by atoms with van der Waals surface area (Å²) in [6.45, 7) is 4.23. The summed E-state index contributed by atoms with van der Waals surface area (Å²) < 4.78 is 34.0. The highest BCUT2D eigenvalue weighted by Gasteiger charge is 2.21.